The summed E-state index contributed by atoms with van der Waals surface area (Å²) in [5.41, 5.74) is 3.81. The maximum Gasteiger partial charge on any atom is 0.0723 e. The summed E-state index contributed by atoms with van der Waals surface area (Å²) in [6.45, 7) is 5.18. The molecule has 94 valence electrons. The summed E-state index contributed by atoms with van der Waals surface area (Å²) in [6, 6.07) is 2.20. The number of allylic oxidation sites excluding steroid dienone is 1. The van der Waals surface area contributed by atoms with Crippen LogP contribution in [0.3, 0.4) is 0 Å². The number of aryl methyl sites for hydroxylation is 2. The Hall–Kier alpha value is -1.09. The maximum atomic E-state index is 9.64. The largest absolute Gasteiger partial charge is 0.389 e. The Morgan fingerprint density at radius 1 is 1.47 bits per heavy atom. The van der Waals surface area contributed by atoms with Gasteiger partial charge in [-0.3, -0.25) is 4.68 Å². The van der Waals surface area contributed by atoms with E-state index in [-0.39, 0.29) is 6.10 Å². The van der Waals surface area contributed by atoms with E-state index in [1.54, 1.807) is 0 Å². The van der Waals surface area contributed by atoms with Crippen LogP contribution in [0.15, 0.2) is 17.7 Å². The van der Waals surface area contributed by atoms with Crippen LogP contribution >= 0.6 is 0 Å². The van der Waals surface area contributed by atoms with Crippen molar-refractivity contribution in [2.75, 3.05) is 0 Å². The lowest BCUT2D eigenvalue weighted by Crippen LogP contribution is -2.11. The maximum absolute atomic E-state index is 9.64. The lowest BCUT2D eigenvalue weighted by molar-refractivity contribution is 0.201. The molecule has 0 spiro atoms. The summed E-state index contributed by atoms with van der Waals surface area (Å²) < 4.78 is 2.08. The summed E-state index contributed by atoms with van der Waals surface area (Å²) >= 11 is 0. The number of rotatable bonds is 4. The zero-order valence-corrected chi connectivity index (χ0v) is 10.8. The van der Waals surface area contributed by atoms with Gasteiger partial charge in [-0.15, -0.1) is 0 Å². The van der Waals surface area contributed by atoms with Crippen LogP contribution in [-0.4, -0.2) is 21.0 Å². The fourth-order valence-corrected chi connectivity index (χ4v) is 2.46. The first-order valence-electron chi connectivity index (χ1n) is 6.66. The Morgan fingerprint density at radius 2 is 2.29 bits per heavy atom. The minimum Gasteiger partial charge on any atom is -0.389 e. The zero-order valence-electron chi connectivity index (χ0n) is 10.8. The van der Waals surface area contributed by atoms with Gasteiger partial charge < -0.3 is 5.11 Å². The number of aliphatic hydroxyl groups excluding tert-OH is 1. The Kier molecular flexibility index (Phi) is 4.00. The highest BCUT2D eigenvalue weighted by Crippen LogP contribution is 2.22. The molecule has 1 atom stereocenters. The van der Waals surface area contributed by atoms with Gasteiger partial charge in [-0.25, -0.2) is 0 Å². The molecular weight excluding hydrogens is 212 g/mol. The van der Waals surface area contributed by atoms with E-state index in [1.807, 2.05) is 6.08 Å². The van der Waals surface area contributed by atoms with E-state index in [9.17, 15) is 5.11 Å². The molecule has 0 radical (unpaired) electrons. The molecule has 1 unspecified atom stereocenters. The number of aliphatic hydroxyl groups is 1. The SMILES string of the molecule is CCc1cc(CC2=CC(O)CCC2)n(CC)n1. The molecule has 17 heavy (non-hydrogen) atoms. The van der Waals surface area contributed by atoms with Gasteiger partial charge in [0, 0.05) is 18.7 Å². The molecule has 1 aliphatic carbocycles. The molecule has 1 aliphatic rings. The third kappa shape index (κ3) is 2.97. The number of hydrogen-bond acceptors (Lipinski definition) is 2. The zero-order chi connectivity index (χ0) is 12.3. The molecule has 0 saturated heterocycles. The first kappa shape index (κ1) is 12.4. The quantitative estimate of drug-likeness (QED) is 0.813. The second-order valence-electron chi connectivity index (χ2n) is 4.76. The first-order chi connectivity index (χ1) is 8.22. The molecule has 2 rings (SSSR count). The molecule has 3 heteroatoms. The van der Waals surface area contributed by atoms with Crippen LogP contribution in [-0.2, 0) is 19.4 Å². The summed E-state index contributed by atoms with van der Waals surface area (Å²) in [5.74, 6) is 0. The normalized spacial score (nSPS) is 20.4. The van der Waals surface area contributed by atoms with Crippen molar-refractivity contribution < 1.29 is 5.11 Å². The van der Waals surface area contributed by atoms with E-state index < -0.39 is 0 Å². The molecular formula is C14H22N2O. The Labute approximate surface area is 103 Å². The van der Waals surface area contributed by atoms with Crippen LogP contribution < -0.4 is 0 Å². The molecule has 0 aliphatic heterocycles. The minimum absolute atomic E-state index is 0.234. The highest BCUT2D eigenvalue weighted by atomic mass is 16.3. The van der Waals surface area contributed by atoms with Crippen molar-refractivity contribution in [2.24, 2.45) is 0 Å². The lowest BCUT2D eigenvalue weighted by Gasteiger charge is -2.17. The topological polar surface area (TPSA) is 38.0 Å². The van der Waals surface area contributed by atoms with Crippen molar-refractivity contribution in [2.45, 2.75) is 58.6 Å². The van der Waals surface area contributed by atoms with Gasteiger partial charge in [0.1, 0.15) is 0 Å². The fraction of sp³-hybridized carbons (Fsp3) is 0.643. The first-order valence-corrected chi connectivity index (χ1v) is 6.66. The van der Waals surface area contributed by atoms with Crippen LogP contribution in [0, 0.1) is 0 Å². The number of hydrogen-bond donors (Lipinski definition) is 1. The number of nitrogens with zero attached hydrogens (tertiary/aromatic N) is 2. The van der Waals surface area contributed by atoms with Crippen molar-refractivity contribution >= 4 is 0 Å². The van der Waals surface area contributed by atoms with Crippen LogP contribution in [0.2, 0.25) is 0 Å². The van der Waals surface area contributed by atoms with Crippen molar-refractivity contribution in [3.05, 3.63) is 29.1 Å². The molecule has 0 saturated carbocycles. The van der Waals surface area contributed by atoms with E-state index in [4.69, 9.17) is 0 Å². The van der Waals surface area contributed by atoms with E-state index in [1.165, 1.54) is 17.0 Å². The minimum atomic E-state index is -0.234. The third-order valence-electron chi connectivity index (χ3n) is 3.41. The van der Waals surface area contributed by atoms with Crippen LogP contribution in [0.25, 0.3) is 0 Å². The second-order valence-corrected chi connectivity index (χ2v) is 4.76. The van der Waals surface area contributed by atoms with Crippen LogP contribution in [0.1, 0.15) is 44.5 Å². The molecule has 3 nitrogen and oxygen atoms in total. The molecule has 1 aromatic heterocycles. The fourth-order valence-electron chi connectivity index (χ4n) is 2.46. The van der Waals surface area contributed by atoms with Gasteiger partial charge >= 0.3 is 0 Å². The molecule has 1 heterocycles. The van der Waals surface area contributed by atoms with Crippen LogP contribution in [0.5, 0.6) is 0 Å². The average Bonchev–Trinajstić information content (AvgIpc) is 2.71. The van der Waals surface area contributed by atoms with Crippen molar-refractivity contribution in [3.63, 3.8) is 0 Å². The summed E-state index contributed by atoms with van der Waals surface area (Å²) in [6.07, 6.45) is 6.86. The molecule has 0 aromatic carbocycles. The van der Waals surface area contributed by atoms with Gasteiger partial charge in [-0.1, -0.05) is 18.6 Å². The highest BCUT2D eigenvalue weighted by molar-refractivity contribution is 5.20. The van der Waals surface area contributed by atoms with E-state index in [0.717, 1.165) is 38.6 Å². The molecule has 1 aromatic rings. The third-order valence-corrected chi connectivity index (χ3v) is 3.41. The predicted molar refractivity (Wildman–Crippen MR) is 68.9 cm³/mol. The van der Waals surface area contributed by atoms with Crippen molar-refractivity contribution in [3.8, 4) is 0 Å². The monoisotopic (exact) mass is 234 g/mol. The number of aromatic nitrogens is 2. The predicted octanol–water partition coefficient (Wildman–Crippen LogP) is 2.48. The average molecular weight is 234 g/mol. The van der Waals surface area contributed by atoms with Gasteiger partial charge in [-0.05, 0) is 38.7 Å². The summed E-state index contributed by atoms with van der Waals surface area (Å²) in [5, 5.41) is 14.2. The van der Waals surface area contributed by atoms with E-state index in [0.29, 0.717) is 0 Å². The van der Waals surface area contributed by atoms with Crippen molar-refractivity contribution in [1.29, 1.82) is 0 Å². The Bertz CT molecular complexity index is 406. The van der Waals surface area contributed by atoms with Crippen molar-refractivity contribution in [1.82, 2.24) is 9.78 Å². The van der Waals surface area contributed by atoms with Gasteiger partial charge in [0.05, 0.1) is 11.8 Å². The molecule has 0 bridgehead atoms. The van der Waals surface area contributed by atoms with Gasteiger partial charge in [0.15, 0.2) is 0 Å². The summed E-state index contributed by atoms with van der Waals surface area (Å²) in [4.78, 5) is 0. The lowest BCUT2D eigenvalue weighted by atomic mass is 9.94. The van der Waals surface area contributed by atoms with E-state index >= 15 is 0 Å². The Morgan fingerprint density at radius 3 is 2.94 bits per heavy atom. The molecule has 1 N–H and O–H groups in total. The summed E-state index contributed by atoms with van der Waals surface area (Å²) in [7, 11) is 0. The highest BCUT2D eigenvalue weighted by Gasteiger charge is 2.13. The molecule has 0 amide bonds. The van der Waals surface area contributed by atoms with Gasteiger partial charge in [0.2, 0.25) is 0 Å². The Balaban J connectivity index is 2.14. The van der Waals surface area contributed by atoms with E-state index in [2.05, 4.69) is 29.7 Å². The van der Waals surface area contributed by atoms with Crippen LogP contribution in [0.4, 0.5) is 0 Å². The molecule has 0 fully saturated rings. The van der Waals surface area contributed by atoms with Gasteiger partial charge in [-0.2, -0.15) is 5.10 Å². The van der Waals surface area contributed by atoms with Gasteiger partial charge in [0.25, 0.3) is 0 Å². The smallest absolute Gasteiger partial charge is 0.0723 e. The second kappa shape index (κ2) is 5.50. The standard InChI is InChI=1S/C14H22N2O/c1-3-12-10-13(16(4-2)15-12)8-11-6-5-7-14(17)9-11/h9-10,14,17H,3-8H2,1-2H3.